The van der Waals surface area contributed by atoms with Crippen molar-refractivity contribution in [1.29, 1.82) is 0 Å². The van der Waals surface area contributed by atoms with Crippen LogP contribution in [-0.2, 0) is 22.8 Å². The fourth-order valence-corrected chi connectivity index (χ4v) is 2.60. The number of halogens is 3. The second kappa shape index (κ2) is 7.43. The molecule has 0 spiro atoms. The van der Waals surface area contributed by atoms with Crippen LogP contribution in [-0.4, -0.2) is 22.9 Å². The van der Waals surface area contributed by atoms with Crippen molar-refractivity contribution in [1.82, 2.24) is 9.78 Å². The molecule has 0 fully saturated rings. The van der Waals surface area contributed by atoms with Crippen molar-refractivity contribution in [2.75, 3.05) is 7.11 Å². The molecule has 0 aliphatic carbocycles. The Morgan fingerprint density at radius 1 is 1.23 bits per heavy atom. The Balaban J connectivity index is 2.08. The van der Waals surface area contributed by atoms with Crippen LogP contribution >= 0.6 is 0 Å². The number of alkyl halides is 1. The van der Waals surface area contributed by atoms with Gasteiger partial charge < -0.3 is 4.74 Å². The minimum atomic E-state index is -0.693. The summed E-state index contributed by atoms with van der Waals surface area (Å²) in [5.41, 5.74) is 1.72. The van der Waals surface area contributed by atoms with E-state index in [1.807, 2.05) is 0 Å². The highest BCUT2D eigenvalue weighted by molar-refractivity contribution is 5.93. The Morgan fingerprint density at radius 3 is 2.73 bits per heavy atom. The molecule has 0 bridgehead atoms. The van der Waals surface area contributed by atoms with E-state index in [4.69, 9.17) is 0 Å². The number of benzene rings is 2. The smallest absolute Gasteiger partial charge is 0.330 e. The lowest BCUT2D eigenvalue weighted by Crippen LogP contribution is -2.04. The molecule has 0 amide bonds. The quantitative estimate of drug-likeness (QED) is 0.510. The number of hydrogen-bond donors (Lipinski definition) is 0. The monoisotopic (exact) mass is 360 g/mol. The van der Waals surface area contributed by atoms with E-state index in [2.05, 4.69) is 9.84 Å². The third-order valence-electron chi connectivity index (χ3n) is 3.91. The number of hydrogen-bond acceptors (Lipinski definition) is 3. The van der Waals surface area contributed by atoms with Gasteiger partial charge in [0.1, 0.15) is 18.3 Å². The van der Waals surface area contributed by atoms with Crippen molar-refractivity contribution in [2.45, 2.75) is 13.2 Å². The summed E-state index contributed by atoms with van der Waals surface area (Å²) in [5.74, 6) is -1.91. The van der Waals surface area contributed by atoms with Gasteiger partial charge in [-0.3, -0.25) is 4.68 Å². The van der Waals surface area contributed by atoms with Crippen LogP contribution in [0.1, 0.15) is 16.8 Å². The lowest BCUT2D eigenvalue weighted by atomic mass is 10.1. The second-order valence-corrected chi connectivity index (χ2v) is 5.62. The first-order valence-electron chi connectivity index (χ1n) is 7.77. The van der Waals surface area contributed by atoms with E-state index in [9.17, 15) is 18.0 Å². The summed E-state index contributed by atoms with van der Waals surface area (Å²) in [7, 11) is 1.26. The third kappa shape index (κ3) is 3.61. The molecule has 134 valence electrons. The average molecular weight is 360 g/mol. The molecule has 0 aliphatic rings. The van der Waals surface area contributed by atoms with Crippen LogP contribution in [0.4, 0.5) is 13.2 Å². The molecule has 26 heavy (non-hydrogen) atoms. The van der Waals surface area contributed by atoms with Crippen LogP contribution in [0, 0.1) is 11.6 Å². The van der Waals surface area contributed by atoms with E-state index in [0.29, 0.717) is 22.2 Å². The third-order valence-corrected chi connectivity index (χ3v) is 3.91. The van der Waals surface area contributed by atoms with Crippen LogP contribution in [0.15, 0.2) is 42.5 Å². The first-order chi connectivity index (χ1) is 12.5. The molecule has 0 N–H and O–H groups in total. The fraction of sp³-hybridized carbons (Fsp3) is 0.158. The van der Waals surface area contributed by atoms with E-state index in [0.717, 1.165) is 12.1 Å². The SMILES string of the molecule is COC(=O)C=Cc1nn(Cc2ccc(F)cc2F)c2cc(CF)ccc12. The maximum atomic E-state index is 14.0. The standard InChI is InChI=1S/C19H15F3N2O2/c1-26-19(25)7-6-17-15-5-2-12(10-20)8-18(15)24(23-17)11-13-3-4-14(21)9-16(13)22/h2-9H,10-11H2,1H3. The predicted molar refractivity (Wildman–Crippen MR) is 91.1 cm³/mol. The molecule has 1 heterocycles. The Hall–Kier alpha value is -3.09. The van der Waals surface area contributed by atoms with E-state index < -0.39 is 24.3 Å². The normalized spacial score (nSPS) is 11.4. The summed E-state index contributed by atoms with van der Waals surface area (Å²) < 4.78 is 46.1. The number of carbonyl (C=O) groups is 1. The molecular formula is C19H15F3N2O2. The van der Waals surface area contributed by atoms with Crippen molar-refractivity contribution in [2.24, 2.45) is 0 Å². The van der Waals surface area contributed by atoms with E-state index >= 15 is 0 Å². The molecular weight excluding hydrogens is 345 g/mol. The van der Waals surface area contributed by atoms with E-state index in [1.54, 1.807) is 18.2 Å². The Morgan fingerprint density at radius 2 is 2.04 bits per heavy atom. The lowest BCUT2D eigenvalue weighted by molar-refractivity contribution is -0.134. The number of fused-ring (bicyclic) bond motifs is 1. The molecule has 0 atom stereocenters. The van der Waals surface area contributed by atoms with Gasteiger partial charge in [0, 0.05) is 23.1 Å². The topological polar surface area (TPSA) is 44.1 Å². The highest BCUT2D eigenvalue weighted by atomic mass is 19.1. The number of carbonyl (C=O) groups excluding carboxylic acids is 1. The summed E-state index contributed by atoms with van der Waals surface area (Å²) in [5, 5.41) is 5.04. The summed E-state index contributed by atoms with van der Waals surface area (Å²) in [6.07, 6.45) is 2.69. The largest absolute Gasteiger partial charge is 0.466 e. The number of ether oxygens (including phenoxy) is 1. The fourth-order valence-electron chi connectivity index (χ4n) is 2.60. The van der Waals surface area contributed by atoms with Gasteiger partial charge >= 0.3 is 5.97 Å². The summed E-state index contributed by atoms with van der Waals surface area (Å²) in [6.45, 7) is -0.621. The maximum absolute atomic E-state index is 14.0. The minimum absolute atomic E-state index is 0.0322. The van der Waals surface area contributed by atoms with Crippen LogP contribution in [0.5, 0.6) is 0 Å². The molecule has 0 aliphatic heterocycles. The average Bonchev–Trinajstić information content (AvgIpc) is 2.98. The molecule has 1 aromatic heterocycles. The van der Waals surface area contributed by atoms with Crippen LogP contribution in [0.3, 0.4) is 0 Å². The van der Waals surface area contributed by atoms with Crippen molar-refractivity contribution in [3.05, 3.63) is 70.9 Å². The highest BCUT2D eigenvalue weighted by Gasteiger charge is 2.13. The number of rotatable bonds is 5. The molecule has 0 saturated heterocycles. The number of aromatic nitrogens is 2. The molecule has 3 aromatic rings. The Bertz CT molecular complexity index is 996. The second-order valence-electron chi connectivity index (χ2n) is 5.62. The van der Waals surface area contributed by atoms with Gasteiger partial charge in [-0.25, -0.2) is 18.0 Å². The summed E-state index contributed by atoms with van der Waals surface area (Å²) in [4.78, 5) is 11.3. The molecule has 0 saturated carbocycles. The molecule has 3 rings (SSSR count). The van der Waals surface area contributed by atoms with Crippen molar-refractivity contribution >= 4 is 22.9 Å². The van der Waals surface area contributed by atoms with Gasteiger partial charge in [0.15, 0.2) is 0 Å². The molecule has 0 unspecified atom stereocenters. The zero-order valence-electron chi connectivity index (χ0n) is 13.9. The maximum Gasteiger partial charge on any atom is 0.330 e. The van der Waals surface area contributed by atoms with Crippen molar-refractivity contribution in [3.8, 4) is 0 Å². The van der Waals surface area contributed by atoms with Gasteiger partial charge in [-0.1, -0.05) is 18.2 Å². The van der Waals surface area contributed by atoms with Gasteiger partial charge in [-0.15, -0.1) is 0 Å². The van der Waals surface area contributed by atoms with Gasteiger partial charge in [-0.2, -0.15) is 5.10 Å². The molecule has 0 radical (unpaired) electrons. The Kier molecular flexibility index (Phi) is 5.06. The number of esters is 1. The van der Waals surface area contributed by atoms with Gasteiger partial charge in [0.25, 0.3) is 0 Å². The van der Waals surface area contributed by atoms with Crippen LogP contribution < -0.4 is 0 Å². The number of nitrogens with zero attached hydrogens (tertiary/aromatic N) is 2. The first-order valence-corrected chi connectivity index (χ1v) is 7.77. The Labute approximate surface area is 147 Å². The van der Waals surface area contributed by atoms with Crippen LogP contribution in [0.2, 0.25) is 0 Å². The number of methoxy groups -OCH3 is 1. The van der Waals surface area contributed by atoms with Crippen LogP contribution in [0.25, 0.3) is 17.0 Å². The highest BCUT2D eigenvalue weighted by Crippen LogP contribution is 2.23. The van der Waals surface area contributed by atoms with Crippen molar-refractivity contribution < 1.29 is 22.7 Å². The first kappa shape index (κ1) is 17.7. The molecule has 4 nitrogen and oxygen atoms in total. The molecule has 2 aromatic carbocycles. The summed E-state index contributed by atoms with van der Waals surface area (Å²) >= 11 is 0. The molecule has 7 heteroatoms. The summed E-state index contributed by atoms with van der Waals surface area (Å²) in [6, 6.07) is 8.20. The zero-order valence-corrected chi connectivity index (χ0v) is 13.9. The van der Waals surface area contributed by atoms with Gasteiger partial charge in [-0.05, 0) is 23.8 Å². The van der Waals surface area contributed by atoms with Gasteiger partial charge in [0.2, 0.25) is 0 Å². The zero-order chi connectivity index (χ0) is 18.7. The lowest BCUT2D eigenvalue weighted by Gasteiger charge is -2.06. The van der Waals surface area contributed by atoms with E-state index in [1.165, 1.54) is 30.0 Å². The van der Waals surface area contributed by atoms with Gasteiger partial charge in [0.05, 0.1) is 24.9 Å². The van der Waals surface area contributed by atoms with E-state index in [-0.39, 0.29) is 12.1 Å². The van der Waals surface area contributed by atoms with Crippen molar-refractivity contribution in [3.63, 3.8) is 0 Å². The minimum Gasteiger partial charge on any atom is -0.466 e. The predicted octanol–water partition coefficient (Wildman–Crippen LogP) is 4.02.